The molecule has 1 heterocycles. The van der Waals surface area contributed by atoms with E-state index in [9.17, 15) is 9.18 Å². The van der Waals surface area contributed by atoms with Crippen LogP contribution in [0.4, 0.5) is 4.39 Å². The molecule has 2 rings (SSSR count). The predicted octanol–water partition coefficient (Wildman–Crippen LogP) is 2.50. The number of benzene rings is 1. The zero-order valence-electron chi connectivity index (χ0n) is 11.3. The van der Waals surface area contributed by atoms with Gasteiger partial charge in [0.25, 0.3) is 5.91 Å². The Morgan fingerprint density at radius 1 is 1.30 bits per heavy atom. The molecule has 0 atom stereocenters. The van der Waals surface area contributed by atoms with E-state index in [1.807, 2.05) is 12.1 Å². The number of rotatable bonds is 4. The Hall–Kier alpha value is -2.43. The maximum atomic E-state index is 13.8. The highest BCUT2D eigenvalue weighted by Crippen LogP contribution is 2.18. The summed E-state index contributed by atoms with van der Waals surface area (Å²) in [6.07, 6.45) is 3.31. The molecule has 0 aliphatic carbocycles. The van der Waals surface area contributed by atoms with Gasteiger partial charge in [-0.25, -0.2) is 4.39 Å². The first-order valence-corrected chi connectivity index (χ1v) is 6.09. The first-order valence-electron chi connectivity index (χ1n) is 6.09. The highest BCUT2D eigenvalue weighted by Gasteiger charge is 2.16. The summed E-state index contributed by atoms with van der Waals surface area (Å²) in [5, 5.41) is 0. The summed E-state index contributed by atoms with van der Waals surface area (Å²) in [5.41, 5.74) is 0.965. The monoisotopic (exact) mass is 274 g/mol. The lowest BCUT2D eigenvalue weighted by atomic mass is 10.1. The van der Waals surface area contributed by atoms with Gasteiger partial charge in [-0.15, -0.1) is 0 Å². The number of carbonyl (C=O) groups is 1. The summed E-state index contributed by atoms with van der Waals surface area (Å²) < 4.78 is 18.8. The number of hydrogen-bond acceptors (Lipinski definition) is 3. The second kappa shape index (κ2) is 6.14. The van der Waals surface area contributed by atoms with Crippen LogP contribution < -0.4 is 4.74 Å². The van der Waals surface area contributed by atoms with Crippen molar-refractivity contribution in [2.24, 2.45) is 0 Å². The lowest BCUT2D eigenvalue weighted by Crippen LogP contribution is -2.27. The van der Waals surface area contributed by atoms with Gasteiger partial charge in [0.2, 0.25) is 0 Å². The van der Waals surface area contributed by atoms with Crippen LogP contribution in [0.15, 0.2) is 42.7 Å². The Balaban J connectivity index is 2.14. The lowest BCUT2D eigenvalue weighted by molar-refractivity contribution is 0.0780. The smallest absolute Gasteiger partial charge is 0.256 e. The van der Waals surface area contributed by atoms with Crippen molar-refractivity contribution in [1.82, 2.24) is 9.88 Å². The van der Waals surface area contributed by atoms with Gasteiger partial charge in [-0.1, -0.05) is 0 Å². The molecule has 1 amide bonds. The Bertz CT molecular complexity index is 602. The fraction of sp³-hybridized carbons (Fsp3) is 0.200. The van der Waals surface area contributed by atoms with Gasteiger partial charge in [-0.3, -0.25) is 9.78 Å². The van der Waals surface area contributed by atoms with Crippen LogP contribution in [-0.4, -0.2) is 29.9 Å². The molecular weight excluding hydrogens is 259 g/mol. The molecule has 0 saturated carbocycles. The van der Waals surface area contributed by atoms with Gasteiger partial charge < -0.3 is 9.64 Å². The van der Waals surface area contributed by atoms with E-state index in [0.717, 1.165) is 5.56 Å². The third-order valence-electron chi connectivity index (χ3n) is 2.92. The molecule has 0 spiro atoms. The standard InChI is InChI=1S/C15H15FN2O2/c1-18(10-11-5-7-17-8-6-11)15(19)13-4-3-12(20-2)9-14(13)16/h3-9H,10H2,1-2H3. The minimum atomic E-state index is -0.587. The van der Waals surface area contributed by atoms with Gasteiger partial charge in [0, 0.05) is 32.1 Å². The van der Waals surface area contributed by atoms with E-state index in [1.54, 1.807) is 25.5 Å². The summed E-state index contributed by atoms with van der Waals surface area (Å²) in [4.78, 5) is 17.6. The van der Waals surface area contributed by atoms with Crippen LogP contribution in [0.25, 0.3) is 0 Å². The summed E-state index contributed by atoms with van der Waals surface area (Å²) in [6, 6.07) is 7.83. The average molecular weight is 274 g/mol. The molecule has 20 heavy (non-hydrogen) atoms. The second-order valence-electron chi connectivity index (χ2n) is 4.36. The van der Waals surface area contributed by atoms with Crippen molar-refractivity contribution in [3.8, 4) is 5.75 Å². The zero-order valence-corrected chi connectivity index (χ0v) is 11.3. The number of methoxy groups -OCH3 is 1. The van der Waals surface area contributed by atoms with Crippen molar-refractivity contribution in [3.63, 3.8) is 0 Å². The van der Waals surface area contributed by atoms with Gasteiger partial charge >= 0.3 is 0 Å². The minimum absolute atomic E-state index is 0.0300. The van der Waals surface area contributed by atoms with Crippen LogP contribution in [0.1, 0.15) is 15.9 Å². The maximum Gasteiger partial charge on any atom is 0.256 e. The molecule has 0 aliphatic heterocycles. The fourth-order valence-corrected chi connectivity index (χ4v) is 1.84. The highest BCUT2D eigenvalue weighted by molar-refractivity contribution is 5.94. The van der Waals surface area contributed by atoms with Gasteiger partial charge in [0.05, 0.1) is 12.7 Å². The minimum Gasteiger partial charge on any atom is -0.497 e. The summed E-state index contributed by atoms with van der Waals surface area (Å²) >= 11 is 0. The van der Waals surface area contributed by atoms with E-state index >= 15 is 0 Å². The number of pyridine rings is 1. The third-order valence-corrected chi connectivity index (χ3v) is 2.92. The number of aromatic nitrogens is 1. The molecule has 0 fully saturated rings. The largest absolute Gasteiger partial charge is 0.497 e. The fourth-order valence-electron chi connectivity index (χ4n) is 1.84. The Kier molecular flexibility index (Phi) is 4.30. The quantitative estimate of drug-likeness (QED) is 0.860. The van der Waals surface area contributed by atoms with Crippen molar-refractivity contribution in [2.75, 3.05) is 14.2 Å². The normalized spacial score (nSPS) is 10.2. The van der Waals surface area contributed by atoms with Crippen LogP contribution in [0.2, 0.25) is 0 Å². The van der Waals surface area contributed by atoms with E-state index in [0.29, 0.717) is 12.3 Å². The molecule has 104 valence electrons. The Morgan fingerprint density at radius 2 is 2.00 bits per heavy atom. The third kappa shape index (κ3) is 3.12. The molecule has 1 aromatic carbocycles. The SMILES string of the molecule is COc1ccc(C(=O)N(C)Cc2ccncc2)c(F)c1. The van der Waals surface area contributed by atoms with Gasteiger partial charge in [0.15, 0.2) is 0 Å². The van der Waals surface area contributed by atoms with E-state index in [2.05, 4.69) is 4.98 Å². The van der Waals surface area contributed by atoms with Crippen LogP contribution in [-0.2, 0) is 6.54 Å². The number of halogens is 1. The van der Waals surface area contributed by atoms with E-state index in [1.165, 1.54) is 24.1 Å². The van der Waals surface area contributed by atoms with Crippen LogP contribution in [0, 0.1) is 5.82 Å². The first-order chi connectivity index (χ1) is 9.61. The number of ether oxygens (including phenoxy) is 1. The summed E-state index contributed by atoms with van der Waals surface area (Å²) in [6.45, 7) is 0.396. The molecule has 0 N–H and O–H groups in total. The molecule has 4 nitrogen and oxygen atoms in total. The molecular formula is C15H15FN2O2. The van der Waals surface area contributed by atoms with E-state index in [-0.39, 0.29) is 11.5 Å². The number of nitrogens with zero attached hydrogens (tertiary/aromatic N) is 2. The first kappa shape index (κ1) is 14.0. The van der Waals surface area contributed by atoms with Crippen molar-refractivity contribution >= 4 is 5.91 Å². The molecule has 1 aromatic heterocycles. The van der Waals surface area contributed by atoms with Crippen molar-refractivity contribution in [2.45, 2.75) is 6.54 Å². The summed E-state index contributed by atoms with van der Waals surface area (Å²) in [5.74, 6) is -0.575. The predicted molar refractivity (Wildman–Crippen MR) is 73.0 cm³/mol. The van der Waals surface area contributed by atoms with Crippen molar-refractivity contribution < 1.29 is 13.9 Å². The number of amides is 1. The molecule has 0 aliphatic rings. The molecule has 0 unspecified atom stereocenters. The van der Waals surface area contributed by atoms with Crippen molar-refractivity contribution in [3.05, 3.63) is 59.7 Å². The van der Waals surface area contributed by atoms with E-state index in [4.69, 9.17) is 4.74 Å². The Labute approximate surface area is 116 Å². The average Bonchev–Trinajstić information content (AvgIpc) is 2.47. The number of hydrogen-bond donors (Lipinski definition) is 0. The van der Waals surface area contributed by atoms with Crippen LogP contribution >= 0.6 is 0 Å². The topological polar surface area (TPSA) is 42.4 Å². The lowest BCUT2D eigenvalue weighted by Gasteiger charge is -2.17. The van der Waals surface area contributed by atoms with Crippen LogP contribution in [0.3, 0.4) is 0 Å². The molecule has 5 heteroatoms. The molecule has 2 aromatic rings. The Morgan fingerprint density at radius 3 is 2.60 bits per heavy atom. The second-order valence-corrected chi connectivity index (χ2v) is 4.36. The zero-order chi connectivity index (χ0) is 14.5. The highest BCUT2D eigenvalue weighted by atomic mass is 19.1. The van der Waals surface area contributed by atoms with Gasteiger partial charge in [-0.2, -0.15) is 0 Å². The van der Waals surface area contributed by atoms with Crippen molar-refractivity contribution in [1.29, 1.82) is 0 Å². The molecule has 0 bridgehead atoms. The molecule has 0 saturated heterocycles. The number of carbonyl (C=O) groups excluding carboxylic acids is 1. The molecule has 0 radical (unpaired) electrons. The maximum absolute atomic E-state index is 13.8. The van der Waals surface area contributed by atoms with Crippen LogP contribution in [0.5, 0.6) is 5.75 Å². The van der Waals surface area contributed by atoms with E-state index < -0.39 is 5.82 Å². The van der Waals surface area contributed by atoms with Gasteiger partial charge in [-0.05, 0) is 29.8 Å². The van der Waals surface area contributed by atoms with Gasteiger partial charge in [0.1, 0.15) is 11.6 Å². The summed E-state index contributed by atoms with van der Waals surface area (Å²) in [7, 11) is 3.08.